The molecule has 20 heavy (non-hydrogen) atoms. The number of anilines is 1. The summed E-state index contributed by atoms with van der Waals surface area (Å²) in [5.74, 6) is -0.377. The van der Waals surface area contributed by atoms with Crippen molar-refractivity contribution in [1.29, 1.82) is 0 Å². The minimum absolute atomic E-state index is 0.223. The van der Waals surface area contributed by atoms with Crippen molar-refractivity contribution in [2.24, 2.45) is 5.92 Å². The van der Waals surface area contributed by atoms with Crippen LogP contribution in [0.15, 0.2) is 18.2 Å². The average Bonchev–Trinajstić information content (AvgIpc) is 2.31. The number of rotatable bonds is 4. The van der Waals surface area contributed by atoms with E-state index in [0.29, 0.717) is 19.5 Å². The number of benzene rings is 1. The minimum Gasteiger partial charge on any atom is -0.394 e. The maximum Gasteiger partial charge on any atom is 0.315 e. The Balaban J connectivity index is 1.99. The van der Waals surface area contributed by atoms with Crippen LogP contribution in [0.3, 0.4) is 0 Å². The predicted octanol–water partition coefficient (Wildman–Crippen LogP) is 2.77. The van der Waals surface area contributed by atoms with Crippen LogP contribution in [-0.4, -0.2) is 24.2 Å². The van der Waals surface area contributed by atoms with E-state index >= 15 is 0 Å². The van der Waals surface area contributed by atoms with Gasteiger partial charge in [-0.2, -0.15) is 0 Å². The van der Waals surface area contributed by atoms with Gasteiger partial charge in [-0.15, -0.1) is 0 Å². The quantitative estimate of drug-likeness (QED) is 0.800. The zero-order valence-corrected chi connectivity index (χ0v) is 13.6. The smallest absolute Gasteiger partial charge is 0.315 e. The van der Waals surface area contributed by atoms with Gasteiger partial charge in [0.25, 0.3) is 0 Å². The Morgan fingerprint density at radius 3 is 2.70 bits per heavy atom. The molecule has 0 unspecified atom stereocenters. The average molecular weight is 393 g/mol. The van der Waals surface area contributed by atoms with Gasteiger partial charge in [0, 0.05) is 30.3 Å². The lowest BCUT2D eigenvalue weighted by atomic mass is 9.94. The fourth-order valence-corrected chi connectivity index (χ4v) is 2.55. The van der Waals surface area contributed by atoms with Crippen LogP contribution >= 0.6 is 23.0 Å². The molecule has 0 radical (unpaired) electrons. The summed E-state index contributed by atoms with van der Waals surface area (Å²) < 4.78 is 18.6. The normalized spacial score (nSPS) is 15.9. The monoisotopic (exact) mass is 393 g/mol. The van der Waals surface area contributed by atoms with Gasteiger partial charge in [-0.25, -0.2) is 4.39 Å². The molecule has 1 aliphatic rings. The van der Waals surface area contributed by atoms with E-state index in [1.165, 1.54) is 6.07 Å². The first-order valence-corrected chi connectivity index (χ1v) is 7.28. The van der Waals surface area contributed by atoms with Crippen LogP contribution in [0.2, 0.25) is 0 Å². The third-order valence-corrected chi connectivity index (χ3v) is 3.97. The van der Waals surface area contributed by atoms with Crippen LogP contribution in [0.25, 0.3) is 0 Å². The Bertz CT molecular complexity index is 510. The number of carbonyl (C=O) groups excluding carboxylic acids is 1. The fourth-order valence-electron chi connectivity index (χ4n) is 2.37. The van der Waals surface area contributed by atoms with Crippen molar-refractivity contribution in [2.45, 2.75) is 25.9 Å². The van der Waals surface area contributed by atoms with Gasteiger partial charge in [0.2, 0.25) is 0 Å². The highest BCUT2D eigenvalue weighted by Gasteiger charge is 2.30. The molecule has 2 rings (SSSR count). The Labute approximate surface area is 131 Å². The second-order valence-corrected chi connectivity index (χ2v) is 6.09. The highest BCUT2D eigenvalue weighted by Crippen LogP contribution is 2.31. The Kier molecular flexibility index (Phi) is 4.53. The van der Waals surface area contributed by atoms with Crippen molar-refractivity contribution in [3.8, 4) is 0 Å². The highest BCUT2D eigenvalue weighted by molar-refractivity contribution is 14.1. The molecule has 0 spiro atoms. The van der Waals surface area contributed by atoms with E-state index in [0.717, 1.165) is 5.69 Å². The van der Waals surface area contributed by atoms with Crippen molar-refractivity contribution >= 4 is 34.7 Å². The number of hydrogen-bond acceptors (Lipinski definition) is 4. The lowest BCUT2D eigenvalue weighted by Crippen LogP contribution is -2.47. The summed E-state index contributed by atoms with van der Waals surface area (Å²) in [5.41, 5.74) is -0.133. The van der Waals surface area contributed by atoms with E-state index < -0.39 is 11.4 Å². The largest absolute Gasteiger partial charge is 0.394 e. The van der Waals surface area contributed by atoms with Gasteiger partial charge in [0.05, 0.1) is 12.0 Å². The zero-order chi connectivity index (χ0) is 14.9. The summed E-state index contributed by atoms with van der Waals surface area (Å²) >= 11 is 1.58. The van der Waals surface area contributed by atoms with Gasteiger partial charge < -0.3 is 13.1 Å². The van der Waals surface area contributed by atoms with Crippen LogP contribution in [-0.2, 0) is 13.5 Å². The van der Waals surface area contributed by atoms with Crippen LogP contribution in [0.4, 0.5) is 10.1 Å². The standard InChI is InChI=1S/C14H17FINO3/c1-14(2,19)11-4-3-10(6-12(11)15)17-7-9(8-17)5-13(18)20-16/h3-4,6,9,19H,5,7-8H2,1-2H3. The van der Waals surface area contributed by atoms with Crippen LogP contribution in [0.1, 0.15) is 25.8 Å². The molecule has 1 aromatic carbocycles. The lowest BCUT2D eigenvalue weighted by molar-refractivity contribution is -0.132. The van der Waals surface area contributed by atoms with Gasteiger partial charge in [0.1, 0.15) is 5.82 Å². The van der Waals surface area contributed by atoms with Crippen LogP contribution < -0.4 is 4.90 Å². The first-order valence-electron chi connectivity index (χ1n) is 6.40. The van der Waals surface area contributed by atoms with Crippen molar-refractivity contribution < 1.29 is 17.4 Å². The van der Waals surface area contributed by atoms with Crippen molar-refractivity contribution in [3.05, 3.63) is 29.6 Å². The summed E-state index contributed by atoms with van der Waals surface area (Å²) in [5, 5.41) is 9.83. The first-order chi connectivity index (χ1) is 9.31. The molecule has 0 amide bonds. The summed E-state index contributed by atoms with van der Waals surface area (Å²) in [6.45, 7) is 4.54. The SMILES string of the molecule is CC(C)(O)c1ccc(N2CC(CC(=O)OI)C2)cc1F. The molecule has 1 heterocycles. The van der Waals surface area contributed by atoms with Crippen LogP contribution in [0, 0.1) is 11.7 Å². The van der Waals surface area contributed by atoms with E-state index in [1.807, 2.05) is 4.90 Å². The molecule has 0 atom stereocenters. The maximum atomic E-state index is 14.0. The molecule has 6 heteroatoms. The summed E-state index contributed by atoms with van der Waals surface area (Å²) in [6.07, 6.45) is 0.393. The van der Waals surface area contributed by atoms with Crippen LogP contribution in [0.5, 0.6) is 0 Å². The Morgan fingerprint density at radius 1 is 1.55 bits per heavy atom. The van der Waals surface area contributed by atoms with Crippen molar-refractivity contribution in [3.63, 3.8) is 0 Å². The number of hydrogen-bond donors (Lipinski definition) is 1. The van der Waals surface area contributed by atoms with E-state index in [1.54, 1.807) is 49.0 Å². The van der Waals surface area contributed by atoms with E-state index in [4.69, 9.17) is 0 Å². The number of aliphatic hydroxyl groups is 1. The third kappa shape index (κ3) is 3.41. The molecule has 4 nitrogen and oxygen atoms in total. The molecular formula is C14H17FINO3. The molecule has 1 saturated heterocycles. The highest BCUT2D eigenvalue weighted by atomic mass is 127. The number of halogens is 2. The maximum absolute atomic E-state index is 14.0. The van der Waals surface area contributed by atoms with Gasteiger partial charge in [-0.1, -0.05) is 6.07 Å². The van der Waals surface area contributed by atoms with E-state index in [2.05, 4.69) is 3.07 Å². The summed E-state index contributed by atoms with van der Waals surface area (Å²) in [7, 11) is 0. The number of carbonyl (C=O) groups is 1. The van der Waals surface area contributed by atoms with E-state index in [-0.39, 0.29) is 17.5 Å². The van der Waals surface area contributed by atoms with E-state index in [9.17, 15) is 14.3 Å². The van der Waals surface area contributed by atoms with Gasteiger partial charge in [-0.3, -0.25) is 4.79 Å². The second kappa shape index (κ2) is 5.85. The van der Waals surface area contributed by atoms with Gasteiger partial charge in [-0.05, 0) is 26.0 Å². The number of nitrogens with zero attached hydrogens (tertiary/aromatic N) is 1. The molecule has 1 aliphatic heterocycles. The summed E-state index contributed by atoms with van der Waals surface area (Å²) in [6, 6.07) is 4.83. The molecule has 1 N–H and O–H groups in total. The molecule has 0 aromatic heterocycles. The second-order valence-electron chi connectivity index (χ2n) is 5.65. The summed E-state index contributed by atoms with van der Waals surface area (Å²) in [4.78, 5) is 13.1. The lowest BCUT2D eigenvalue weighted by Gasteiger charge is -2.40. The third-order valence-electron chi connectivity index (χ3n) is 3.48. The van der Waals surface area contributed by atoms with Crippen molar-refractivity contribution in [2.75, 3.05) is 18.0 Å². The zero-order valence-electron chi connectivity index (χ0n) is 11.4. The Hall–Kier alpha value is -0.890. The topological polar surface area (TPSA) is 49.8 Å². The molecule has 1 fully saturated rings. The fraction of sp³-hybridized carbons (Fsp3) is 0.500. The predicted molar refractivity (Wildman–Crippen MR) is 82.1 cm³/mol. The molecule has 0 saturated carbocycles. The Morgan fingerprint density at radius 2 is 2.20 bits per heavy atom. The first kappa shape index (κ1) is 15.5. The minimum atomic E-state index is -1.19. The molecule has 0 bridgehead atoms. The molecule has 0 aliphatic carbocycles. The van der Waals surface area contributed by atoms with Crippen molar-refractivity contribution in [1.82, 2.24) is 0 Å². The molecule has 110 valence electrons. The van der Waals surface area contributed by atoms with Gasteiger partial charge >= 0.3 is 5.97 Å². The molecule has 1 aromatic rings. The van der Waals surface area contributed by atoms with Gasteiger partial charge in [0.15, 0.2) is 23.0 Å². The molecular weight excluding hydrogens is 376 g/mol.